The fourth-order valence-electron chi connectivity index (χ4n) is 3.37. The number of rotatable bonds is 3. The van der Waals surface area contributed by atoms with Crippen molar-refractivity contribution in [3.8, 4) is 0 Å². The van der Waals surface area contributed by atoms with Crippen molar-refractivity contribution in [2.24, 2.45) is 0 Å². The van der Waals surface area contributed by atoms with Crippen molar-refractivity contribution < 1.29 is 9.42 Å². The van der Waals surface area contributed by atoms with Crippen LogP contribution >= 0.6 is 11.3 Å². The maximum absolute atomic E-state index is 5.17. The second kappa shape index (κ2) is 6.14. The van der Waals surface area contributed by atoms with E-state index in [9.17, 15) is 0 Å². The van der Waals surface area contributed by atoms with Gasteiger partial charge < -0.3 is 14.3 Å². The van der Waals surface area contributed by atoms with E-state index in [4.69, 9.17) is 4.52 Å². The smallest absolute Gasteiger partial charge is 0.141 e. The van der Waals surface area contributed by atoms with Gasteiger partial charge in [0, 0.05) is 10.9 Å². The summed E-state index contributed by atoms with van der Waals surface area (Å²) in [6.07, 6.45) is 1.70. The number of piperazine rings is 1. The number of aromatic nitrogens is 3. The van der Waals surface area contributed by atoms with Crippen LogP contribution in [0.15, 0.2) is 16.9 Å². The van der Waals surface area contributed by atoms with Crippen LogP contribution in [0.4, 0.5) is 5.82 Å². The highest BCUT2D eigenvalue weighted by atomic mass is 32.1. The van der Waals surface area contributed by atoms with Gasteiger partial charge in [-0.15, -0.1) is 11.3 Å². The van der Waals surface area contributed by atoms with E-state index in [2.05, 4.69) is 33.9 Å². The Morgan fingerprint density at radius 1 is 1.21 bits per heavy atom. The summed E-state index contributed by atoms with van der Waals surface area (Å²) in [7, 11) is 0. The highest BCUT2D eigenvalue weighted by Gasteiger charge is 2.24. The summed E-state index contributed by atoms with van der Waals surface area (Å²) in [5.74, 6) is 1.98. The van der Waals surface area contributed by atoms with Crippen LogP contribution in [0.25, 0.3) is 10.2 Å². The van der Waals surface area contributed by atoms with Crippen LogP contribution in [0.3, 0.4) is 0 Å². The molecule has 1 fully saturated rings. The zero-order chi connectivity index (χ0) is 16.7. The quantitative estimate of drug-likeness (QED) is 0.780. The molecule has 1 N–H and O–H groups in total. The Kier molecular flexibility index (Phi) is 3.97. The van der Waals surface area contributed by atoms with E-state index in [1.165, 1.54) is 15.8 Å². The van der Waals surface area contributed by atoms with Crippen LogP contribution in [0.2, 0.25) is 0 Å². The lowest BCUT2D eigenvalue weighted by Gasteiger charge is -2.32. The molecule has 1 aliphatic rings. The van der Waals surface area contributed by atoms with Gasteiger partial charge in [-0.25, -0.2) is 9.97 Å². The summed E-state index contributed by atoms with van der Waals surface area (Å²) in [6.45, 7) is 11.4. The van der Waals surface area contributed by atoms with E-state index >= 15 is 0 Å². The first-order valence-corrected chi connectivity index (χ1v) is 9.15. The first-order chi connectivity index (χ1) is 11.6. The Labute approximate surface area is 145 Å². The van der Waals surface area contributed by atoms with Gasteiger partial charge in [-0.2, -0.15) is 0 Å². The molecule has 4 heterocycles. The highest BCUT2D eigenvalue weighted by Crippen LogP contribution is 2.34. The third-order valence-corrected chi connectivity index (χ3v) is 5.94. The Hall–Kier alpha value is -1.99. The molecule has 6 nitrogen and oxygen atoms in total. The number of fused-ring (bicyclic) bond motifs is 1. The largest absolute Gasteiger partial charge is 0.361 e. The second-order valence-electron chi connectivity index (χ2n) is 6.50. The number of quaternary nitrogens is 1. The van der Waals surface area contributed by atoms with Crippen LogP contribution in [0.1, 0.15) is 21.9 Å². The van der Waals surface area contributed by atoms with Crippen molar-refractivity contribution in [1.82, 2.24) is 15.1 Å². The van der Waals surface area contributed by atoms with Crippen molar-refractivity contribution in [3.05, 3.63) is 34.3 Å². The zero-order valence-electron chi connectivity index (χ0n) is 14.3. The van der Waals surface area contributed by atoms with Crippen molar-refractivity contribution >= 4 is 27.4 Å². The molecule has 0 bridgehead atoms. The Morgan fingerprint density at radius 2 is 2.00 bits per heavy atom. The summed E-state index contributed by atoms with van der Waals surface area (Å²) in [5, 5.41) is 5.35. The molecule has 3 aromatic rings. The summed E-state index contributed by atoms with van der Waals surface area (Å²) in [5.41, 5.74) is 2.36. The SMILES string of the molecule is Cc1cc(C[NH+]2CCN(c3ncnc4sc(C)c(C)c34)CC2)no1. The number of hydrogen-bond donors (Lipinski definition) is 1. The minimum atomic E-state index is 0.884. The molecule has 126 valence electrons. The third-order valence-electron chi connectivity index (χ3n) is 4.82. The van der Waals surface area contributed by atoms with Gasteiger partial charge in [0.15, 0.2) is 0 Å². The molecule has 0 atom stereocenters. The van der Waals surface area contributed by atoms with Crippen LogP contribution in [0, 0.1) is 20.8 Å². The van der Waals surface area contributed by atoms with E-state index in [0.717, 1.165) is 54.8 Å². The lowest BCUT2D eigenvalue weighted by molar-refractivity contribution is -0.914. The second-order valence-corrected chi connectivity index (χ2v) is 7.71. The van der Waals surface area contributed by atoms with Crippen molar-refractivity contribution in [3.63, 3.8) is 0 Å². The van der Waals surface area contributed by atoms with Crippen molar-refractivity contribution in [1.29, 1.82) is 0 Å². The van der Waals surface area contributed by atoms with E-state index in [-0.39, 0.29) is 0 Å². The zero-order valence-corrected chi connectivity index (χ0v) is 15.1. The molecule has 0 aliphatic carbocycles. The molecule has 0 amide bonds. The molecule has 1 aliphatic heterocycles. The number of hydrogen-bond acceptors (Lipinski definition) is 6. The van der Waals surface area contributed by atoms with Gasteiger partial charge in [-0.3, -0.25) is 0 Å². The average Bonchev–Trinajstić information content (AvgIpc) is 3.12. The monoisotopic (exact) mass is 344 g/mol. The Morgan fingerprint density at radius 3 is 2.71 bits per heavy atom. The highest BCUT2D eigenvalue weighted by molar-refractivity contribution is 7.18. The molecule has 3 aromatic heterocycles. The maximum Gasteiger partial charge on any atom is 0.141 e. The number of nitrogens with zero attached hydrogens (tertiary/aromatic N) is 4. The minimum Gasteiger partial charge on any atom is -0.361 e. The predicted octanol–water partition coefficient (Wildman–Crippen LogP) is 1.51. The fraction of sp³-hybridized carbons (Fsp3) is 0.471. The minimum absolute atomic E-state index is 0.884. The molecule has 4 rings (SSSR count). The van der Waals surface area contributed by atoms with Gasteiger partial charge in [-0.05, 0) is 26.3 Å². The van der Waals surface area contributed by atoms with Crippen molar-refractivity contribution in [2.75, 3.05) is 31.1 Å². The predicted molar refractivity (Wildman–Crippen MR) is 94.7 cm³/mol. The van der Waals surface area contributed by atoms with Crippen LogP contribution in [-0.2, 0) is 6.54 Å². The number of thiophene rings is 1. The van der Waals surface area contributed by atoms with E-state index in [1.807, 2.05) is 13.0 Å². The maximum atomic E-state index is 5.17. The average molecular weight is 344 g/mol. The lowest BCUT2D eigenvalue weighted by Crippen LogP contribution is -3.13. The van der Waals surface area contributed by atoms with Gasteiger partial charge >= 0.3 is 0 Å². The van der Waals surface area contributed by atoms with Gasteiger partial charge in [0.2, 0.25) is 0 Å². The molecular weight excluding hydrogens is 322 g/mol. The molecule has 7 heteroatoms. The summed E-state index contributed by atoms with van der Waals surface area (Å²) in [6, 6.07) is 2.03. The molecule has 0 unspecified atom stereocenters. The normalized spacial score (nSPS) is 16.2. The van der Waals surface area contributed by atoms with Gasteiger partial charge in [0.25, 0.3) is 0 Å². The van der Waals surface area contributed by atoms with Gasteiger partial charge in [-0.1, -0.05) is 5.16 Å². The first-order valence-electron chi connectivity index (χ1n) is 8.33. The van der Waals surface area contributed by atoms with E-state index < -0.39 is 0 Å². The topological polar surface area (TPSA) is 59.5 Å². The number of nitrogens with one attached hydrogen (secondary N) is 1. The van der Waals surface area contributed by atoms with Crippen LogP contribution < -0.4 is 9.80 Å². The van der Waals surface area contributed by atoms with Crippen LogP contribution in [-0.4, -0.2) is 41.3 Å². The molecule has 0 aromatic carbocycles. The lowest BCUT2D eigenvalue weighted by atomic mass is 10.2. The number of aryl methyl sites for hydroxylation is 3. The molecule has 0 spiro atoms. The third kappa shape index (κ3) is 2.78. The summed E-state index contributed by atoms with van der Waals surface area (Å²) in [4.78, 5) is 15.4. The summed E-state index contributed by atoms with van der Waals surface area (Å²) >= 11 is 1.76. The summed E-state index contributed by atoms with van der Waals surface area (Å²) < 4.78 is 5.17. The van der Waals surface area contributed by atoms with Crippen molar-refractivity contribution in [2.45, 2.75) is 27.3 Å². The number of anilines is 1. The molecule has 1 saturated heterocycles. The first kappa shape index (κ1) is 15.5. The molecule has 24 heavy (non-hydrogen) atoms. The van der Waals surface area contributed by atoms with E-state index in [0.29, 0.717) is 0 Å². The van der Waals surface area contributed by atoms with Crippen LogP contribution in [0.5, 0.6) is 0 Å². The molecular formula is C17H22N5OS+. The van der Waals surface area contributed by atoms with E-state index in [1.54, 1.807) is 22.6 Å². The van der Waals surface area contributed by atoms with Gasteiger partial charge in [0.1, 0.15) is 35.0 Å². The standard InChI is InChI=1S/C17H21N5OS/c1-11-8-14(20-23-11)9-21-4-6-22(7-5-21)16-15-12(2)13(3)24-17(15)19-10-18-16/h8,10H,4-7,9H2,1-3H3/p+1. The fourth-order valence-corrected chi connectivity index (χ4v) is 4.36. The molecule has 0 radical (unpaired) electrons. The Balaban J connectivity index is 1.50. The Bertz CT molecular complexity index is 863. The van der Waals surface area contributed by atoms with Gasteiger partial charge in [0.05, 0.1) is 31.6 Å². The molecule has 0 saturated carbocycles.